The largest absolute Gasteiger partial charge is 0.465 e. The number of carboxylic acid groups (broad SMARTS) is 1. The van der Waals surface area contributed by atoms with E-state index in [9.17, 15) is 66.3 Å². The number of rotatable bonds is 15. The molecule has 3 heterocycles. The molecule has 0 radical (unpaired) electrons. The Kier molecular flexibility index (Phi) is 14.2. The molecular formula is C44H39ClF10N8O8S2. The van der Waals surface area contributed by atoms with Gasteiger partial charge in [-0.1, -0.05) is 23.6 Å². The molecule has 0 spiro atoms. The number of sulfonamides is 1. The number of nitrogens with one attached hydrogen (secondary N) is 2. The Balaban J connectivity index is 1.47. The third kappa shape index (κ3) is 11.4. The molecule has 3 atom stereocenters. The summed E-state index contributed by atoms with van der Waals surface area (Å²) in [4.78, 5) is 43.3. The van der Waals surface area contributed by atoms with Gasteiger partial charge < -0.3 is 15.7 Å². The van der Waals surface area contributed by atoms with Crippen molar-refractivity contribution in [1.29, 1.82) is 0 Å². The van der Waals surface area contributed by atoms with E-state index < -0.39 is 161 Å². The highest BCUT2D eigenvalue weighted by Crippen LogP contribution is 2.68. The molecule has 0 aliphatic heterocycles. The molecule has 5 aromatic rings. The molecule has 392 valence electrons. The van der Waals surface area contributed by atoms with Crippen molar-refractivity contribution in [2.24, 2.45) is 5.92 Å². The summed E-state index contributed by atoms with van der Waals surface area (Å²) in [7, 11) is -8.73. The third-order valence-electron chi connectivity index (χ3n) is 11.9. The number of amides is 3. The van der Waals surface area contributed by atoms with E-state index in [0.29, 0.717) is 12.3 Å². The van der Waals surface area contributed by atoms with E-state index in [0.717, 1.165) is 42.7 Å². The van der Waals surface area contributed by atoms with E-state index in [1.165, 1.54) is 13.8 Å². The number of carbonyl (C=O) groups is 3. The molecule has 3 aromatic heterocycles. The SMILES string of the molecule is CC(C)(C#Cc1ccc(-c2ccc(Cl)c3c(N(C(=O)CCCNC(=O)O)S(C)(=O)=O)nn(CC(F)(F)F)c23)c([C@H](Cc2cc(F)cc(F)c2)NC(=O)Cn2nc(C(F)(F)F)c3c2C(F)(F)[C@@H]2C[C@H]32)n1)S(C)(=O)=O. The van der Waals surface area contributed by atoms with E-state index in [1.54, 1.807) is 0 Å². The first kappa shape index (κ1) is 54.3. The third-order valence-corrected chi connectivity index (χ3v) is 15.2. The predicted octanol–water partition coefficient (Wildman–Crippen LogP) is 7.63. The van der Waals surface area contributed by atoms with Crippen LogP contribution in [-0.2, 0) is 61.1 Å². The zero-order valence-corrected chi connectivity index (χ0v) is 40.6. The maximum absolute atomic E-state index is 15.6. The second kappa shape index (κ2) is 19.1. The van der Waals surface area contributed by atoms with Crippen LogP contribution in [0.2, 0.25) is 5.02 Å². The Bertz CT molecular complexity index is 3370. The molecule has 3 N–H and O–H groups in total. The van der Waals surface area contributed by atoms with Crippen molar-refractivity contribution in [2.45, 2.75) is 87.6 Å². The van der Waals surface area contributed by atoms with Crippen LogP contribution in [0.15, 0.2) is 42.5 Å². The lowest BCUT2D eigenvalue weighted by Crippen LogP contribution is -2.37. The second-order valence-corrected chi connectivity index (χ2v) is 22.6. The number of anilines is 1. The molecule has 73 heavy (non-hydrogen) atoms. The Hall–Kier alpha value is -6.47. The summed E-state index contributed by atoms with van der Waals surface area (Å²) in [6.07, 6.45) is -12.5. The maximum atomic E-state index is 15.6. The molecule has 1 fully saturated rings. The average Bonchev–Trinajstić information content (AvgIpc) is 3.75. The van der Waals surface area contributed by atoms with Crippen LogP contribution < -0.4 is 14.9 Å². The highest BCUT2D eigenvalue weighted by molar-refractivity contribution is 7.93. The molecule has 0 unspecified atom stereocenters. The van der Waals surface area contributed by atoms with Gasteiger partial charge in [0.1, 0.15) is 40.9 Å². The van der Waals surface area contributed by atoms with Gasteiger partial charge >= 0.3 is 18.4 Å². The molecule has 7 rings (SSSR count). The van der Waals surface area contributed by atoms with E-state index in [-0.39, 0.29) is 55.4 Å². The number of fused-ring (bicyclic) bond motifs is 4. The molecule has 3 amide bonds. The van der Waals surface area contributed by atoms with Crippen molar-refractivity contribution in [2.75, 3.05) is 23.4 Å². The van der Waals surface area contributed by atoms with Crippen molar-refractivity contribution in [1.82, 2.24) is 35.2 Å². The first-order valence-electron chi connectivity index (χ1n) is 21.4. The number of aromatic nitrogens is 5. The molecule has 29 heteroatoms. The number of alkyl halides is 8. The first-order chi connectivity index (χ1) is 33.6. The van der Waals surface area contributed by atoms with E-state index >= 15 is 8.78 Å². The van der Waals surface area contributed by atoms with Crippen LogP contribution in [0, 0.1) is 29.4 Å². The number of hydrogen-bond donors (Lipinski definition) is 3. The molecule has 16 nitrogen and oxygen atoms in total. The summed E-state index contributed by atoms with van der Waals surface area (Å²) in [5.74, 6) is -7.40. The van der Waals surface area contributed by atoms with Gasteiger partial charge in [-0.2, -0.15) is 49.6 Å². The minimum absolute atomic E-state index is 0.0603. The average molecular weight is 1100 g/mol. The molecule has 0 bridgehead atoms. The number of halogens is 11. The first-order valence-corrected chi connectivity index (χ1v) is 25.5. The fraction of sp³-hybridized carbons (Fsp3) is 0.409. The van der Waals surface area contributed by atoms with Gasteiger partial charge in [-0.3, -0.25) is 19.0 Å². The zero-order valence-electron chi connectivity index (χ0n) is 38.2. The minimum Gasteiger partial charge on any atom is -0.465 e. The maximum Gasteiger partial charge on any atom is 0.435 e. The predicted molar refractivity (Wildman–Crippen MR) is 240 cm³/mol. The van der Waals surface area contributed by atoms with Gasteiger partial charge in [0.2, 0.25) is 21.8 Å². The van der Waals surface area contributed by atoms with Crippen molar-refractivity contribution in [3.05, 3.63) is 93.0 Å². The van der Waals surface area contributed by atoms with Crippen LogP contribution in [-0.4, -0.2) is 94.4 Å². The van der Waals surface area contributed by atoms with Crippen molar-refractivity contribution in [3.63, 3.8) is 0 Å². The molecule has 0 saturated heterocycles. The highest BCUT2D eigenvalue weighted by atomic mass is 35.5. The highest BCUT2D eigenvalue weighted by Gasteiger charge is 2.68. The minimum atomic E-state index is -5.23. The lowest BCUT2D eigenvalue weighted by Gasteiger charge is -2.23. The van der Waals surface area contributed by atoms with Crippen LogP contribution in [0.1, 0.15) is 79.0 Å². The monoisotopic (exact) mass is 1100 g/mol. The van der Waals surface area contributed by atoms with Gasteiger partial charge in [-0.25, -0.2) is 35.4 Å². The quantitative estimate of drug-likeness (QED) is 0.0526. The van der Waals surface area contributed by atoms with Gasteiger partial charge in [0.25, 0.3) is 5.92 Å². The van der Waals surface area contributed by atoms with Gasteiger partial charge in [-0.05, 0) is 80.8 Å². The standard InChI is InChI=1S/C44H39ClF10N8O8S2/c1-41(2,72(3,68)69)12-11-24-7-8-25(26-9-10-29(45)34-36(26)62(20-42(48,49)50)60-39(34)63(73(4,70)71)32(65)6-5-13-56-40(66)67)35(57-24)30(16-21-14-22(46)17-23(47)15-21)58-31(64)19-61-38-33(37(59-61)44(53,54)55)27-18-28(27)43(38,51)52/h7-10,14-15,17,27-28,30,56H,5-6,13,16,18-20H2,1-4H3,(H,58,64)(H,66,67)/t27-,28+,30-/m0/s1. The summed E-state index contributed by atoms with van der Waals surface area (Å²) < 4.78 is 198. The summed E-state index contributed by atoms with van der Waals surface area (Å²) in [6.45, 7) is -1.22. The smallest absolute Gasteiger partial charge is 0.435 e. The number of nitrogens with zero attached hydrogens (tertiary/aromatic N) is 6. The van der Waals surface area contributed by atoms with Gasteiger partial charge in [-0.15, -0.1) is 0 Å². The molecular weight excluding hydrogens is 1060 g/mol. The summed E-state index contributed by atoms with van der Waals surface area (Å²) >= 11 is 6.61. The van der Waals surface area contributed by atoms with Gasteiger partial charge in [0.15, 0.2) is 21.3 Å². The van der Waals surface area contributed by atoms with Crippen LogP contribution in [0.25, 0.3) is 22.0 Å². The molecule has 2 aliphatic carbocycles. The lowest BCUT2D eigenvalue weighted by molar-refractivity contribution is -0.143. The Labute approximate surface area is 413 Å². The number of carbonyl (C=O) groups excluding carboxylic acids is 2. The Morgan fingerprint density at radius 1 is 0.959 bits per heavy atom. The number of pyridine rings is 1. The Morgan fingerprint density at radius 3 is 2.19 bits per heavy atom. The van der Waals surface area contributed by atoms with E-state index in [1.807, 2.05) is 5.32 Å². The van der Waals surface area contributed by atoms with Crippen LogP contribution in [0.4, 0.5) is 54.5 Å². The van der Waals surface area contributed by atoms with Crippen molar-refractivity contribution in [3.8, 4) is 23.0 Å². The molecule has 2 aliphatic rings. The summed E-state index contributed by atoms with van der Waals surface area (Å²) in [5, 5.41) is 19.5. The topological polar surface area (TPSA) is 216 Å². The summed E-state index contributed by atoms with van der Waals surface area (Å²) in [6, 6.07) is 4.65. The fourth-order valence-electron chi connectivity index (χ4n) is 8.40. The summed E-state index contributed by atoms with van der Waals surface area (Å²) in [5.41, 5.74) is -6.02. The van der Waals surface area contributed by atoms with Gasteiger partial charge in [0.05, 0.1) is 33.9 Å². The second-order valence-electron chi connectivity index (χ2n) is 17.8. The van der Waals surface area contributed by atoms with E-state index in [4.69, 9.17) is 16.7 Å². The van der Waals surface area contributed by atoms with Crippen LogP contribution in [0.5, 0.6) is 0 Å². The normalized spacial score (nSPS) is 16.8. The Morgan fingerprint density at radius 2 is 1.60 bits per heavy atom. The zero-order chi connectivity index (χ0) is 54.1. The fourth-order valence-corrected chi connectivity index (χ4v) is 9.77. The molecule has 1 saturated carbocycles. The van der Waals surface area contributed by atoms with Crippen LogP contribution >= 0.6 is 11.6 Å². The van der Waals surface area contributed by atoms with Crippen molar-refractivity contribution < 1.29 is 80.2 Å². The lowest BCUT2D eigenvalue weighted by atomic mass is 9.93. The number of sulfone groups is 1. The van der Waals surface area contributed by atoms with Crippen molar-refractivity contribution >= 4 is 66.1 Å². The number of hydrogen-bond acceptors (Lipinski definition) is 10. The van der Waals surface area contributed by atoms with Crippen LogP contribution in [0.3, 0.4) is 0 Å². The van der Waals surface area contributed by atoms with Gasteiger partial charge in [0, 0.05) is 47.9 Å². The van der Waals surface area contributed by atoms with E-state index in [2.05, 4.69) is 32.3 Å². The number of benzene rings is 2. The molecule has 2 aromatic carbocycles.